The second-order valence-corrected chi connectivity index (χ2v) is 7.40. The first-order chi connectivity index (χ1) is 11.4. The summed E-state index contributed by atoms with van der Waals surface area (Å²) < 4.78 is 0. The Labute approximate surface area is 146 Å². The molecule has 0 spiro atoms. The van der Waals surface area contributed by atoms with Crippen molar-refractivity contribution in [3.63, 3.8) is 0 Å². The zero-order chi connectivity index (χ0) is 17.6. The molecule has 1 fully saturated rings. The highest BCUT2D eigenvalue weighted by molar-refractivity contribution is 5.92. The largest absolute Gasteiger partial charge is 0.390 e. The first kappa shape index (κ1) is 18.9. The van der Waals surface area contributed by atoms with Crippen LogP contribution >= 0.6 is 0 Å². The lowest BCUT2D eigenvalue weighted by Crippen LogP contribution is -2.35. The van der Waals surface area contributed by atoms with E-state index in [2.05, 4.69) is 31.3 Å². The van der Waals surface area contributed by atoms with Gasteiger partial charge in [0.05, 0.1) is 12.1 Å². The molecule has 4 nitrogen and oxygen atoms in total. The van der Waals surface area contributed by atoms with Crippen LogP contribution in [0, 0.1) is 0 Å². The van der Waals surface area contributed by atoms with Gasteiger partial charge in [-0.2, -0.15) is 0 Å². The lowest BCUT2D eigenvalue weighted by Gasteiger charge is -2.25. The van der Waals surface area contributed by atoms with E-state index in [0.29, 0.717) is 12.5 Å². The van der Waals surface area contributed by atoms with Gasteiger partial charge in [-0.25, -0.2) is 0 Å². The van der Waals surface area contributed by atoms with E-state index in [4.69, 9.17) is 0 Å². The van der Waals surface area contributed by atoms with E-state index in [0.717, 1.165) is 50.8 Å². The van der Waals surface area contributed by atoms with Gasteiger partial charge in [0.15, 0.2) is 0 Å². The Morgan fingerprint density at radius 3 is 2.50 bits per heavy atom. The second kappa shape index (κ2) is 8.63. The van der Waals surface area contributed by atoms with Gasteiger partial charge in [0.2, 0.25) is 5.91 Å². The maximum atomic E-state index is 12.2. The summed E-state index contributed by atoms with van der Waals surface area (Å²) in [6.45, 7) is 5.49. The standard InChI is InChI=1S/C20H32N2O2/c1-4-16(2)17-7-9-18(10-8-17)21-19(23)15-22(3)14-13-20(24)11-5-6-12-20/h7-10,16,24H,4-6,11-15H2,1-3H3,(H,21,23)/t16-/m1/s1. The Bertz CT molecular complexity index is 521. The lowest BCUT2D eigenvalue weighted by molar-refractivity contribution is -0.117. The van der Waals surface area contributed by atoms with Crippen LogP contribution < -0.4 is 5.32 Å². The van der Waals surface area contributed by atoms with Crippen molar-refractivity contribution in [3.05, 3.63) is 29.8 Å². The average Bonchev–Trinajstić information content (AvgIpc) is 3.00. The molecule has 24 heavy (non-hydrogen) atoms. The number of rotatable bonds is 8. The van der Waals surface area contributed by atoms with Crippen molar-refractivity contribution in [2.45, 2.75) is 63.9 Å². The quantitative estimate of drug-likeness (QED) is 0.762. The zero-order valence-electron chi connectivity index (χ0n) is 15.3. The maximum Gasteiger partial charge on any atom is 0.238 e. The first-order valence-electron chi connectivity index (χ1n) is 9.22. The number of likely N-dealkylation sites (N-methyl/N-ethyl adjacent to an activating group) is 1. The Kier molecular flexibility index (Phi) is 6.81. The molecule has 0 saturated heterocycles. The fraction of sp³-hybridized carbons (Fsp3) is 0.650. The molecule has 2 rings (SSSR count). The van der Waals surface area contributed by atoms with Gasteiger partial charge in [0, 0.05) is 12.2 Å². The van der Waals surface area contributed by atoms with Gasteiger partial charge in [-0.05, 0) is 56.3 Å². The predicted octanol–water partition coefficient (Wildman–Crippen LogP) is 3.77. The van der Waals surface area contributed by atoms with Crippen LogP contribution in [0.1, 0.15) is 63.9 Å². The molecule has 0 heterocycles. The van der Waals surface area contributed by atoms with Gasteiger partial charge in [-0.3, -0.25) is 9.69 Å². The van der Waals surface area contributed by atoms with Crippen LogP contribution in [-0.2, 0) is 4.79 Å². The van der Waals surface area contributed by atoms with E-state index in [-0.39, 0.29) is 5.91 Å². The number of hydrogen-bond acceptors (Lipinski definition) is 3. The van der Waals surface area contributed by atoms with Crippen molar-refractivity contribution in [2.75, 3.05) is 25.5 Å². The normalized spacial score (nSPS) is 17.9. The summed E-state index contributed by atoms with van der Waals surface area (Å²) in [6.07, 6.45) is 5.90. The maximum absolute atomic E-state index is 12.2. The molecule has 0 radical (unpaired) electrons. The van der Waals surface area contributed by atoms with E-state index in [1.54, 1.807) is 0 Å². The van der Waals surface area contributed by atoms with Crippen LogP contribution in [0.25, 0.3) is 0 Å². The van der Waals surface area contributed by atoms with Crippen molar-refractivity contribution >= 4 is 11.6 Å². The molecular weight excluding hydrogens is 300 g/mol. The SMILES string of the molecule is CC[C@@H](C)c1ccc(NC(=O)CN(C)CCC2(O)CCCC2)cc1. The molecule has 1 amide bonds. The smallest absolute Gasteiger partial charge is 0.238 e. The number of nitrogens with zero attached hydrogens (tertiary/aromatic N) is 1. The van der Waals surface area contributed by atoms with Gasteiger partial charge in [-0.1, -0.05) is 38.8 Å². The van der Waals surface area contributed by atoms with Crippen molar-refractivity contribution in [1.82, 2.24) is 4.90 Å². The predicted molar refractivity (Wildman–Crippen MR) is 99.3 cm³/mol. The number of amides is 1. The van der Waals surface area contributed by atoms with Crippen LogP contribution in [0.2, 0.25) is 0 Å². The molecule has 1 aliphatic rings. The second-order valence-electron chi connectivity index (χ2n) is 7.40. The van der Waals surface area contributed by atoms with Crippen LogP contribution in [-0.4, -0.2) is 41.7 Å². The topological polar surface area (TPSA) is 52.6 Å². The van der Waals surface area contributed by atoms with Gasteiger partial charge in [0.25, 0.3) is 0 Å². The van der Waals surface area contributed by atoms with Crippen LogP contribution in [0.4, 0.5) is 5.69 Å². The minimum Gasteiger partial charge on any atom is -0.390 e. The molecule has 1 aliphatic carbocycles. The third-order valence-corrected chi connectivity index (χ3v) is 5.28. The molecular formula is C20H32N2O2. The molecule has 0 unspecified atom stereocenters. The molecule has 1 aromatic rings. The highest BCUT2D eigenvalue weighted by atomic mass is 16.3. The number of carbonyl (C=O) groups excluding carboxylic acids is 1. The van der Waals surface area contributed by atoms with Crippen molar-refractivity contribution in [2.24, 2.45) is 0 Å². The zero-order valence-corrected chi connectivity index (χ0v) is 15.3. The first-order valence-corrected chi connectivity index (χ1v) is 9.22. The number of aliphatic hydroxyl groups is 1. The Hall–Kier alpha value is -1.39. The van der Waals surface area contributed by atoms with Crippen LogP contribution in [0.15, 0.2) is 24.3 Å². The van der Waals surface area contributed by atoms with Gasteiger partial charge in [-0.15, -0.1) is 0 Å². The van der Waals surface area contributed by atoms with Crippen molar-refractivity contribution in [3.8, 4) is 0 Å². The summed E-state index contributed by atoms with van der Waals surface area (Å²) >= 11 is 0. The summed E-state index contributed by atoms with van der Waals surface area (Å²) in [4.78, 5) is 14.1. The highest BCUT2D eigenvalue weighted by Gasteiger charge is 2.30. The Morgan fingerprint density at radius 2 is 1.92 bits per heavy atom. The van der Waals surface area contributed by atoms with Crippen LogP contribution in [0.3, 0.4) is 0 Å². The number of anilines is 1. The Balaban J connectivity index is 1.75. The van der Waals surface area contributed by atoms with Crippen molar-refractivity contribution in [1.29, 1.82) is 0 Å². The number of benzene rings is 1. The molecule has 0 aliphatic heterocycles. The molecule has 1 aromatic carbocycles. The molecule has 0 bridgehead atoms. The molecule has 134 valence electrons. The minimum atomic E-state index is -0.503. The van der Waals surface area contributed by atoms with E-state index in [1.807, 2.05) is 24.1 Å². The third-order valence-electron chi connectivity index (χ3n) is 5.28. The molecule has 0 aromatic heterocycles. The summed E-state index contributed by atoms with van der Waals surface area (Å²) in [7, 11) is 1.93. The third kappa shape index (κ3) is 5.60. The molecule has 1 saturated carbocycles. The highest BCUT2D eigenvalue weighted by Crippen LogP contribution is 2.32. The number of carbonyl (C=O) groups is 1. The van der Waals surface area contributed by atoms with Crippen LogP contribution in [0.5, 0.6) is 0 Å². The number of hydrogen-bond donors (Lipinski definition) is 2. The minimum absolute atomic E-state index is 0.00722. The fourth-order valence-electron chi connectivity index (χ4n) is 3.34. The van der Waals surface area contributed by atoms with Crippen molar-refractivity contribution < 1.29 is 9.90 Å². The van der Waals surface area contributed by atoms with Gasteiger partial charge >= 0.3 is 0 Å². The summed E-state index contributed by atoms with van der Waals surface area (Å²) in [5, 5.41) is 13.3. The number of nitrogens with one attached hydrogen (secondary N) is 1. The Morgan fingerprint density at radius 1 is 1.29 bits per heavy atom. The summed E-state index contributed by atoms with van der Waals surface area (Å²) in [5.74, 6) is 0.537. The molecule has 2 N–H and O–H groups in total. The van der Waals surface area contributed by atoms with Gasteiger partial charge < -0.3 is 10.4 Å². The fourth-order valence-corrected chi connectivity index (χ4v) is 3.34. The molecule has 1 atom stereocenters. The van der Waals surface area contributed by atoms with E-state index in [9.17, 15) is 9.90 Å². The monoisotopic (exact) mass is 332 g/mol. The lowest BCUT2D eigenvalue weighted by atomic mass is 9.98. The van der Waals surface area contributed by atoms with Gasteiger partial charge in [0.1, 0.15) is 0 Å². The summed E-state index contributed by atoms with van der Waals surface area (Å²) in [6, 6.07) is 8.12. The average molecular weight is 332 g/mol. The van der Waals surface area contributed by atoms with E-state index in [1.165, 1.54) is 5.56 Å². The summed E-state index contributed by atoms with van der Waals surface area (Å²) in [5.41, 5.74) is 1.64. The van der Waals surface area contributed by atoms with E-state index >= 15 is 0 Å². The van der Waals surface area contributed by atoms with E-state index < -0.39 is 5.60 Å². The molecule has 4 heteroatoms.